The minimum Gasteiger partial charge on any atom is -0.378 e. The summed E-state index contributed by atoms with van der Waals surface area (Å²) < 4.78 is 47.5. The first kappa shape index (κ1) is 45.4. The normalized spacial score (nSPS) is 33.2. The van der Waals surface area contributed by atoms with Crippen LogP contribution in [-0.4, -0.2) is 92.1 Å². The molecule has 0 bridgehead atoms. The Morgan fingerprint density at radius 3 is 2.05 bits per heavy atom. The lowest BCUT2D eigenvalue weighted by Crippen LogP contribution is -2.63. The number of nitrogens with one attached hydrogen (secondary N) is 1. The Bertz CT molecular complexity index is 1440. The second kappa shape index (κ2) is 22.6. The number of ether oxygens (including phenoxy) is 3. The van der Waals surface area contributed by atoms with Crippen LogP contribution in [0.5, 0.6) is 0 Å². The van der Waals surface area contributed by atoms with Crippen LogP contribution in [0.3, 0.4) is 0 Å². The monoisotopic (exact) mass is 793 g/mol. The molecule has 17 heteroatoms. The van der Waals surface area contributed by atoms with Crippen LogP contribution in [0.15, 0.2) is 15.3 Å². The van der Waals surface area contributed by atoms with Crippen LogP contribution in [0.25, 0.3) is 31.3 Å². The van der Waals surface area contributed by atoms with E-state index < -0.39 is 10.1 Å². The van der Waals surface area contributed by atoms with Gasteiger partial charge in [-0.15, -0.1) is 0 Å². The molecule has 0 aromatic carbocycles. The molecule has 0 saturated heterocycles. The summed E-state index contributed by atoms with van der Waals surface area (Å²) >= 11 is 0. The summed E-state index contributed by atoms with van der Waals surface area (Å²) in [5.74, 6) is 2.81. The van der Waals surface area contributed by atoms with Crippen LogP contribution < -0.4 is 5.32 Å². The first-order chi connectivity index (χ1) is 26.5. The Labute approximate surface area is 328 Å². The minimum absolute atomic E-state index is 0.0196. The average molecular weight is 793 g/mol. The van der Waals surface area contributed by atoms with Gasteiger partial charge in [-0.25, -0.2) is 0 Å². The molecule has 0 heterocycles. The molecule has 16 nitrogen and oxygen atoms in total. The maximum absolute atomic E-state index is 11.2. The number of azide groups is 3. The van der Waals surface area contributed by atoms with Gasteiger partial charge in [0.2, 0.25) is 0 Å². The zero-order valence-corrected chi connectivity index (χ0v) is 34.7. The number of hydrogen-bond acceptors (Lipinski definition) is 10. The number of rotatable bonds is 26. The number of hydrogen-bond donors (Lipinski definition) is 1. The Balaban J connectivity index is 1.49. The van der Waals surface area contributed by atoms with Gasteiger partial charge in [-0.1, -0.05) is 36.1 Å². The Kier molecular flexibility index (Phi) is 18.6. The van der Waals surface area contributed by atoms with Crippen LogP contribution in [-0.2, 0) is 28.5 Å². The third-order valence-electron chi connectivity index (χ3n) is 13.9. The zero-order chi connectivity index (χ0) is 39.7. The van der Waals surface area contributed by atoms with E-state index in [0.29, 0.717) is 94.2 Å². The molecule has 11 atom stereocenters. The second-order valence-corrected chi connectivity index (χ2v) is 18.7. The van der Waals surface area contributed by atoms with E-state index in [0.717, 1.165) is 83.6 Å². The fourth-order valence-corrected chi connectivity index (χ4v) is 11.7. The fraction of sp³-hybridized carbons (Fsp3) is 1.00. The molecule has 1 N–H and O–H groups in total. The summed E-state index contributed by atoms with van der Waals surface area (Å²) in [4.78, 5) is 8.77. The van der Waals surface area contributed by atoms with Gasteiger partial charge in [0.1, 0.15) is 0 Å². The van der Waals surface area contributed by atoms with Crippen molar-refractivity contribution in [1.82, 2.24) is 5.32 Å². The predicted molar refractivity (Wildman–Crippen MR) is 212 cm³/mol. The van der Waals surface area contributed by atoms with E-state index in [-0.39, 0.29) is 35.7 Å². The van der Waals surface area contributed by atoms with Crippen molar-refractivity contribution in [2.45, 2.75) is 129 Å². The number of nitrogens with zero attached hydrogens (tertiary/aromatic N) is 9. The van der Waals surface area contributed by atoms with Crippen molar-refractivity contribution in [2.24, 2.45) is 61.7 Å². The van der Waals surface area contributed by atoms with E-state index in [1.54, 1.807) is 0 Å². The van der Waals surface area contributed by atoms with Gasteiger partial charge in [0.15, 0.2) is 0 Å². The van der Waals surface area contributed by atoms with Gasteiger partial charge in [-0.3, -0.25) is 4.18 Å². The summed E-state index contributed by atoms with van der Waals surface area (Å²) in [6.45, 7) is 12.6. The Hall–Kier alpha value is -2.32. The van der Waals surface area contributed by atoms with Crippen LogP contribution in [0.1, 0.15) is 111 Å². The summed E-state index contributed by atoms with van der Waals surface area (Å²) in [5, 5.41) is 14.8. The van der Waals surface area contributed by atoms with Crippen molar-refractivity contribution >= 4 is 10.1 Å². The van der Waals surface area contributed by atoms with Crippen LogP contribution in [0.4, 0.5) is 0 Å². The molecule has 4 rings (SSSR count). The standard InChI is InChI=1S/C38H68N10O6S/c1-28(11-7-17-42-16-5-6-24-54-55(4,49)50)31-12-13-32-36-33(27-35(38(31,32)3)53-23-10-20-45-48-41)37(2)15-14-30(51-21-8-18-43-46-39)25-29(37)26-34(36)52-22-9-19-44-47-40/h28-36,42H,5-27H2,1-4H3/t28?,29?,30-,31?,32+,33+,34-,35+,36?,37+,38-/m1/s1. The van der Waals surface area contributed by atoms with Gasteiger partial charge >= 0.3 is 0 Å². The van der Waals surface area contributed by atoms with Crippen molar-refractivity contribution < 1.29 is 26.8 Å². The van der Waals surface area contributed by atoms with Crippen LogP contribution >= 0.6 is 0 Å². The lowest BCUT2D eigenvalue weighted by Gasteiger charge is -2.65. The number of unbranched alkanes of at least 4 members (excludes halogenated alkanes) is 1. The molecular weight excluding hydrogens is 725 g/mol. The van der Waals surface area contributed by atoms with E-state index in [2.05, 4.69) is 56.2 Å². The molecule has 4 saturated carbocycles. The van der Waals surface area contributed by atoms with Crippen LogP contribution in [0, 0.1) is 46.3 Å². The average Bonchev–Trinajstić information content (AvgIpc) is 3.51. The van der Waals surface area contributed by atoms with Gasteiger partial charge in [-0.2, -0.15) is 8.42 Å². The van der Waals surface area contributed by atoms with Crippen molar-refractivity contribution in [3.8, 4) is 0 Å². The highest BCUT2D eigenvalue weighted by Gasteiger charge is 2.66. The molecule has 0 radical (unpaired) electrons. The lowest BCUT2D eigenvalue weighted by molar-refractivity contribution is -0.227. The van der Waals surface area contributed by atoms with Gasteiger partial charge in [0.25, 0.3) is 10.1 Å². The molecular formula is C38H68N10O6S. The molecule has 0 amide bonds. The highest BCUT2D eigenvalue weighted by Crippen LogP contribution is 2.69. The van der Waals surface area contributed by atoms with E-state index in [1.165, 1.54) is 6.42 Å². The molecule has 0 aromatic heterocycles. The van der Waals surface area contributed by atoms with E-state index >= 15 is 0 Å². The zero-order valence-electron chi connectivity index (χ0n) is 33.8. The number of fused-ring (bicyclic) bond motifs is 5. The smallest absolute Gasteiger partial charge is 0.264 e. The molecule has 4 aliphatic carbocycles. The molecule has 312 valence electrons. The van der Waals surface area contributed by atoms with Gasteiger partial charge in [-0.05, 0) is 160 Å². The van der Waals surface area contributed by atoms with Gasteiger partial charge < -0.3 is 19.5 Å². The quantitative estimate of drug-likeness (QED) is 0.0293. The first-order valence-electron chi connectivity index (χ1n) is 20.9. The summed E-state index contributed by atoms with van der Waals surface area (Å²) in [6.07, 6.45) is 14.9. The fourth-order valence-electron chi connectivity index (χ4n) is 11.3. The van der Waals surface area contributed by atoms with Crippen molar-refractivity contribution in [3.05, 3.63) is 31.3 Å². The van der Waals surface area contributed by atoms with Gasteiger partial charge in [0.05, 0.1) is 31.2 Å². The third kappa shape index (κ3) is 12.6. The minimum atomic E-state index is -3.39. The first-order valence-corrected chi connectivity index (χ1v) is 22.7. The maximum atomic E-state index is 11.2. The summed E-state index contributed by atoms with van der Waals surface area (Å²) in [7, 11) is -3.39. The molecule has 55 heavy (non-hydrogen) atoms. The van der Waals surface area contributed by atoms with E-state index in [1.807, 2.05) is 0 Å². The largest absolute Gasteiger partial charge is 0.378 e. The SMILES string of the molecule is CC(CCCNCCCCOS(C)(=O)=O)C1CC[C@H]2C3[C@H](OCCCN=[N+]=[N-])CC4C[C@H](OCCCN=[N+]=[N-])CC[C@]4(C)[C@H]3C[C@H](OCCCN=[N+]=[N-])[C@]12C. The molecule has 0 aliphatic heterocycles. The van der Waals surface area contributed by atoms with E-state index in [4.69, 9.17) is 35.0 Å². The molecule has 0 spiro atoms. The molecule has 4 fully saturated rings. The topological polar surface area (TPSA) is 229 Å². The van der Waals surface area contributed by atoms with Crippen molar-refractivity contribution in [1.29, 1.82) is 0 Å². The lowest BCUT2D eigenvalue weighted by atomic mass is 9.43. The second-order valence-electron chi connectivity index (χ2n) is 17.1. The Morgan fingerprint density at radius 2 is 1.40 bits per heavy atom. The predicted octanol–water partition coefficient (Wildman–Crippen LogP) is 8.88. The summed E-state index contributed by atoms with van der Waals surface area (Å²) in [5.41, 5.74) is 26.5. The highest BCUT2D eigenvalue weighted by molar-refractivity contribution is 7.85. The molecule has 0 aromatic rings. The maximum Gasteiger partial charge on any atom is 0.264 e. The van der Waals surface area contributed by atoms with Gasteiger partial charge in [0, 0.05) is 59.6 Å². The molecule has 4 unspecified atom stereocenters. The highest BCUT2D eigenvalue weighted by atomic mass is 32.2. The molecule has 4 aliphatic rings. The van der Waals surface area contributed by atoms with Crippen molar-refractivity contribution in [3.63, 3.8) is 0 Å². The third-order valence-corrected chi connectivity index (χ3v) is 14.5. The Morgan fingerprint density at radius 1 is 0.764 bits per heavy atom. The van der Waals surface area contributed by atoms with Crippen LogP contribution in [0.2, 0.25) is 0 Å². The van der Waals surface area contributed by atoms with Crippen molar-refractivity contribution in [2.75, 3.05) is 65.4 Å². The van der Waals surface area contributed by atoms with E-state index in [9.17, 15) is 8.42 Å². The summed E-state index contributed by atoms with van der Waals surface area (Å²) in [6, 6.07) is 0.